The summed E-state index contributed by atoms with van der Waals surface area (Å²) in [5, 5.41) is 0. The number of esters is 2. The molecule has 0 spiro atoms. The summed E-state index contributed by atoms with van der Waals surface area (Å²) in [5.41, 5.74) is 5.46. The molecule has 2 fully saturated rings. The van der Waals surface area contributed by atoms with E-state index in [1.165, 1.54) is 50.5 Å². The maximum Gasteiger partial charge on any atom is 0.508 e. The van der Waals surface area contributed by atoms with Crippen LogP contribution in [0.4, 0.5) is 4.79 Å². The second-order valence-electron chi connectivity index (χ2n) is 14.4. The SMILES string of the molecule is C=C(C)C(=O)OCCCc1cc(-c2ccc(CCC3CCC(CCC)CC3)cc2)c(CC)cc1OCC1(COC(=O)C(=C)C)COC(=O)OC1. The lowest BCUT2D eigenvalue weighted by Gasteiger charge is -2.35. The lowest BCUT2D eigenvalue weighted by atomic mass is 9.78. The van der Waals surface area contributed by atoms with Crippen molar-refractivity contribution in [3.05, 3.63) is 77.4 Å². The number of benzene rings is 2. The largest absolute Gasteiger partial charge is 0.508 e. The first-order valence-electron chi connectivity index (χ1n) is 18.3. The van der Waals surface area contributed by atoms with Crippen molar-refractivity contribution in [1.82, 2.24) is 0 Å². The molecule has 2 aliphatic rings. The molecule has 50 heavy (non-hydrogen) atoms. The number of ether oxygens (including phenoxy) is 5. The molecule has 1 saturated carbocycles. The Balaban J connectivity index is 1.52. The van der Waals surface area contributed by atoms with E-state index < -0.39 is 23.5 Å². The van der Waals surface area contributed by atoms with Crippen molar-refractivity contribution in [2.45, 2.75) is 98.3 Å². The highest BCUT2D eigenvalue weighted by Crippen LogP contribution is 2.36. The highest BCUT2D eigenvalue weighted by molar-refractivity contribution is 5.87. The van der Waals surface area contributed by atoms with E-state index in [-0.39, 0.29) is 38.6 Å². The van der Waals surface area contributed by atoms with Gasteiger partial charge in [-0.2, -0.15) is 0 Å². The molecule has 0 aromatic heterocycles. The molecule has 1 heterocycles. The van der Waals surface area contributed by atoms with E-state index in [0.29, 0.717) is 24.2 Å². The van der Waals surface area contributed by atoms with Crippen LogP contribution in [0.1, 0.15) is 95.8 Å². The summed E-state index contributed by atoms with van der Waals surface area (Å²) in [6.07, 6.45) is 11.7. The van der Waals surface area contributed by atoms with Gasteiger partial charge in [0, 0.05) is 11.1 Å². The van der Waals surface area contributed by atoms with Gasteiger partial charge in [-0.1, -0.05) is 89.8 Å². The Morgan fingerprint density at radius 2 is 1.44 bits per heavy atom. The zero-order valence-electron chi connectivity index (χ0n) is 30.6. The van der Waals surface area contributed by atoms with Crippen LogP contribution in [0, 0.1) is 17.3 Å². The first kappa shape index (κ1) is 38.7. The third kappa shape index (κ3) is 11.2. The van der Waals surface area contributed by atoms with Crippen LogP contribution in [-0.4, -0.2) is 51.1 Å². The smallest absolute Gasteiger partial charge is 0.492 e. The lowest BCUT2D eigenvalue weighted by Crippen LogP contribution is -2.47. The first-order chi connectivity index (χ1) is 24.0. The van der Waals surface area contributed by atoms with Gasteiger partial charge in [0.25, 0.3) is 0 Å². The van der Waals surface area contributed by atoms with Crippen LogP contribution in [0.2, 0.25) is 0 Å². The summed E-state index contributed by atoms with van der Waals surface area (Å²) in [5.74, 6) is 1.49. The second-order valence-corrected chi connectivity index (χ2v) is 14.4. The fraction of sp³-hybridized carbons (Fsp3) is 0.548. The number of carbonyl (C=O) groups is 3. The van der Waals surface area contributed by atoms with Crippen molar-refractivity contribution >= 4 is 18.1 Å². The van der Waals surface area contributed by atoms with Gasteiger partial charge in [0.2, 0.25) is 0 Å². The van der Waals surface area contributed by atoms with Crippen LogP contribution in [-0.2, 0) is 47.8 Å². The van der Waals surface area contributed by atoms with Gasteiger partial charge < -0.3 is 23.7 Å². The van der Waals surface area contributed by atoms with E-state index in [1.54, 1.807) is 13.8 Å². The maximum atomic E-state index is 12.2. The van der Waals surface area contributed by atoms with Gasteiger partial charge in [0.1, 0.15) is 37.6 Å². The van der Waals surface area contributed by atoms with Gasteiger partial charge in [-0.3, -0.25) is 0 Å². The minimum Gasteiger partial charge on any atom is -0.492 e. The van der Waals surface area contributed by atoms with Crippen LogP contribution < -0.4 is 4.74 Å². The zero-order chi connectivity index (χ0) is 36.1. The standard InChI is InChI=1S/C42H56O8/c1-7-10-31-12-14-32(15-13-31)16-17-33-18-20-35(21-19-33)37-23-36(11-9-22-46-39(43)29(3)4)38(24-34(37)8-2)47-25-42(26-48-40(44)30(5)6)27-49-41(45)50-28-42/h18-21,23-24,31-32H,3,5,7-17,22,25-28H2,1-2,4,6H3. The predicted octanol–water partition coefficient (Wildman–Crippen LogP) is 9.16. The molecule has 8 nitrogen and oxygen atoms in total. The normalized spacial score (nSPS) is 18.4. The van der Waals surface area contributed by atoms with Gasteiger partial charge in [0.05, 0.1) is 6.61 Å². The van der Waals surface area contributed by atoms with E-state index >= 15 is 0 Å². The molecular formula is C42H56O8. The predicted molar refractivity (Wildman–Crippen MR) is 195 cm³/mol. The molecule has 0 atom stereocenters. The molecule has 4 rings (SSSR count). The Labute approximate surface area is 298 Å². The van der Waals surface area contributed by atoms with Gasteiger partial charge >= 0.3 is 18.1 Å². The molecule has 1 saturated heterocycles. The topological polar surface area (TPSA) is 97.4 Å². The third-order valence-electron chi connectivity index (χ3n) is 9.99. The zero-order valence-corrected chi connectivity index (χ0v) is 30.6. The fourth-order valence-electron chi connectivity index (χ4n) is 6.84. The van der Waals surface area contributed by atoms with Crippen molar-refractivity contribution in [2.24, 2.45) is 17.3 Å². The minimum atomic E-state index is -0.900. The molecule has 0 N–H and O–H groups in total. The molecular weight excluding hydrogens is 632 g/mol. The molecule has 1 aliphatic heterocycles. The Hall–Kier alpha value is -4.07. The number of aryl methyl sites for hydroxylation is 3. The second kappa shape index (κ2) is 18.8. The summed E-state index contributed by atoms with van der Waals surface area (Å²) in [6.45, 7) is 15.2. The van der Waals surface area contributed by atoms with Crippen molar-refractivity contribution in [2.75, 3.05) is 33.0 Å². The summed E-state index contributed by atoms with van der Waals surface area (Å²) >= 11 is 0. The molecule has 0 bridgehead atoms. The monoisotopic (exact) mass is 688 g/mol. The van der Waals surface area contributed by atoms with E-state index in [9.17, 15) is 14.4 Å². The number of rotatable bonds is 18. The molecule has 2 aromatic carbocycles. The summed E-state index contributed by atoms with van der Waals surface area (Å²) in [6, 6.07) is 13.2. The fourth-order valence-corrected chi connectivity index (χ4v) is 6.84. The minimum absolute atomic E-state index is 0.0211. The van der Waals surface area contributed by atoms with E-state index in [0.717, 1.165) is 46.9 Å². The van der Waals surface area contributed by atoms with Gasteiger partial charge in [0.15, 0.2) is 0 Å². The van der Waals surface area contributed by atoms with Gasteiger partial charge in [-0.15, -0.1) is 0 Å². The average molecular weight is 689 g/mol. The van der Waals surface area contributed by atoms with Crippen LogP contribution >= 0.6 is 0 Å². The van der Waals surface area contributed by atoms with Crippen LogP contribution in [0.15, 0.2) is 60.7 Å². The summed E-state index contributed by atoms with van der Waals surface area (Å²) in [4.78, 5) is 35.9. The van der Waals surface area contributed by atoms with Crippen LogP contribution in [0.3, 0.4) is 0 Å². The quantitative estimate of drug-likeness (QED) is 0.0662. The number of cyclic esters (lactones) is 2. The van der Waals surface area contributed by atoms with Gasteiger partial charge in [-0.05, 0) is 97.7 Å². The van der Waals surface area contributed by atoms with Crippen LogP contribution in [0.25, 0.3) is 11.1 Å². The maximum absolute atomic E-state index is 12.2. The van der Waals surface area contributed by atoms with E-state index in [4.69, 9.17) is 23.7 Å². The van der Waals surface area contributed by atoms with Crippen molar-refractivity contribution in [3.63, 3.8) is 0 Å². The van der Waals surface area contributed by atoms with Crippen molar-refractivity contribution in [3.8, 4) is 16.9 Å². The average Bonchev–Trinajstić information content (AvgIpc) is 3.12. The molecule has 0 unspecified atom stereocenters. The summed E-state index contributed by atoms with van der Waals surface area (Å²) in [7, 11) is 0. The molecule has 8 heteroatoms. The Morgan fingerprint density at radius 1 is 0.820 bits per heavy atom. The van der Waals surface area contributed by atoms with Crippen LogP contribution in [0.5, 0.6) is 5.75 Å². The molecule has 272 valence electrons. The van der Waals surface area contributed by atoms with Crippen molar-refractivity contribution in [1.29, 1.82) is 0 Å². The van der Waals surface area contributed by atoms with Gasteiger partial charge in [-0.25, -0.2) is 14.4 Å². The lowest BCUT2D eigenvalue weighted by molar-refractivity contribution is -0.151. The summed E-state index contributed by atoms with van der Waals surface area (Å²) < 4.78 is 27.8. The molecule has 0 amide bonds. The number of carbonyl (C=O) groups excluding carboxylic acids is 3. The molecule has 1 aliphatic carbocycles. The number of hydrogen-bond acceptors (Lipinski definition) is 8. The molecule has 2 aromatic rings. The van der Waals surface area contributed by atoms with E-state index in [2.05, 4.69) is 63.4 Å². The third-order valence-corrected chi connectivity index (χ3v) is 9.99. The highest BCUT2D eigenvalue weighted by Gasteiger charge is 2.41. The first-order valence-corrected chi connectivity index (χ1v) is 18.3. The van der Waals surface area contributed by atoms with E-state index in [1.807, 2.05) is 0 Å². The molecule has 0 radical (unpaired) electrons. The number of hydrogen-bond donors (Lipinski definition) is 0. The van der Waals surface area contributed by atoms with Crippen molar-refractivity contribution < 1.29 is 38.1 Å². The highest BCUT2D eigenvalue weighted by atomic mass is 16.7. The Morgan fingerprint density at radius 3 is 2.04 bits per heavy atom. The Kier molecular flexibility index (Phi) is 14.6. The Bertz CT molecular complexity index is 1470.